The summed E-state index contributed by atoms with van der Waals surface area (Å²) in [5.74, 6) is 0. The molecular formula is C10H25NO. The third kappa shape index (κ3) is 2.46. The van der Waals surface area contributed by atoms with Crippen LogP contribution in [0.1, 0.15) is 41.5 Å². The summed E-state index contributed by atoms with van der Waals surface area (Å²) in [6.45, 7) is 13.7. The minimum Gasteiger partial charge on any atom is -0.870 e. The Hall–Kier alpha value is -0.0800. The van der Waals surface area contributed by atoms with Crippen LogP contribution in [0.3, 0.4) is 0 Å². The van der Waals surface area contributed by atoms with E-state index in [9.17, 15) is 0 Å². The number of hydrogen-bond donors (Lipinski definition) is 0. The van der Waals surface area contributed by atoms with Crippen LogP contribution in [0, 0.1) is 0 Å². The zero-order valence-electron chi connectivity index (χ0n) is 9.89. The van der Waals surface area contributed by atoms with Crippen molar-refractivity contribution in [2.45, 2.75) is 52.6 Å². The molecule has 2 nitrogen and oxygen atoms in total. The Labute approximate surface area is 77.5 Å². The second kappa shape index (κ2) is 3.35. The van der Waals surface area contributed by atoms with Gasteiger partial charge in [0.2, 0.25) is 0 Å². The monoisotopic (exact) mass is 175 g/mol. The largest absolute Gasteiger partial charge is 0.870 e. The molecule has 0 aliphatic carbocycles. The summed E-state index contributed by atoms with van der Waals surface area (Å²) in [7, 11) is 4.58. The van der Waals surface area contributed by atoms with Gasteiger partial charge in [0.05, 0.1) is 25.2 Å². The van der Waals surface area contributed by atoms with Crippen molar-refractivity contribution in [1.29, 1.82) is 0 Å². The van der Waals surface area contributed by atoms with Gasteiger partial charge in [0.1, 0.15) is 0 Å². The first-order valence-electron chi connectivity index (χ1n) is 4.34. The predicted octanol–water partition coefficient (Wildman–Crippen LogP) is 2.48. The van der Waals surface area contributed by atoms with Crippen molar-refractivity contribution in [3.8, 4) is 0 Å². The van der Waals surface area contributed by atoms with Crippen molar-refractivity contribution in [3.63, 3.8) is 0 Å². The van der Waals surface area contributed by atoms with Crippen LogP contribution in [0.5, 0.6) is 0 Å². The second-order valence-electron chi connectivity index (χ2n) is 5.80. The van der Waals surface area contributed by atoms with E-state index < -0.39 is 0 Å². The van der Waals surface area contributed by atoms with E-state index in [2.05, 4.69) is 55.6 Å². The van der Waals surface area contributed by atoms with Crippen molar-refractivity contribution < 1.29 is 9.96 Å². The van der Waals surface area contributed by atoms with Crippen LogP contribution in [0.2, 0.25) is 0 Å². The molecule has 0 saturated heterocycles. The van der Waals surface area contributed by atoms with Gasteiger partial charge < -0.3 is 9.96 Å². The fourth-order valence-corrected chi connectivity index (χ4v) is 1.01. The number of nitrogens with zero attached hydrogens (tertiary/aromatic N) is 1. The quantitative estimate of drug-likeness (QED) is 0.520. The first-order valence-corrected chi connectivity index (χ1v) is 4.34. The molecule has 0 amide bonds. The highest BCUT2D eigenvalue weighted by molar-refractivity contribution is 4.70. The average molecular weight is 175 g/mol. The van der Waals surface area contributed by atoms with Crippen molar-refractivity contribution in [2.75, 3.05) is 14.1 Å². The molecule has 0 aliphatic heterocycles. The van der Waals surface area contributed by atoms with E-state index in [-0.39, 0.29) is 5.48 Å². The van der Waals surface area contributed by atoms with E-state index >= 15 is 0 Å². The molecule has 0 aromatic carbocycles. The molecular weight excluding hydrogens is 150 g/mol. The van der Waals surface area contributed by atoms with Crippen molar-refractivity contribution in [2.24, 2.45) is 0 Å². The van der Waals surface area contributed by atoms with Gasteiger partial charge in [-0.05, 0) is 41.5 Å². The van der Waals surface area contributed by atoms with Crippen LogP contribution in [-0.2, 0) is 0 Å². The second-order valence-corrected chi connectivity index (χ2v) is 5.80. The summed E-state index contributed by atoms with van der Waals surface area (Å²) in [6, 6.07) is 0. The molecule has 0 aromatic rings. The molecule has 76 valence electrons. The number of quaternary nitrogens is 1. The Morgan fingerprint density at radius 2 is 0.833 bits per heavy atom. The van der Waals surface area contributed by atoms with Gasteiger partial charge in [-0.3, -0.25) is 0 Å². The van der Waals surface area contributed by atoms with Crippen LogP contribution >= 0.6 is 0 Å². The van der Waals surface area contributed by atoms with Gasteiger partial charge >= 0.3 is 0 Å². The lowest BCUT2D eigenvalue weighted by atomic mass is 9.93. The topological polar surface area (TPSA) is 30.0 Å². The summed E-state index contributed by atoms with van der Waals surface area (Å²) < 4.78 is 1.04. The first-order chi connectivity index (χ1) is 4.50. The van der Waals surface area contributed by atoms with Crippen LogP contribution in [0.4, 0.5) is 0 Å². The van der Waals surface area contributed by atoms with E-state index in [0.29, 0.717) is 11.1 Å². The van der Waals surface area contributed by atoms with Crippen LogP contribution < -0.4 is 0 Å². The highest BCUT2D eigenvalue weighted by atomic mass is 16.0. The number of hydrogen-bond acceptors (Lipinski definition) is 1. The standard InChI is InChI=1S/C10H24N.H2O/c1-9(2,3)11(7,8)10(4,5)6;/h1-8H3;1H2/q+1;/p-1. The zero-order chi connectivity index (χ0) is 9.50. The van der Waals surface area contributed by atoms with Gasteiger partial charge in [0, 0.05) is 0 Å². The lowest BCUT2D eigenvalue weighted by Gasteiger charge is -2.51. The van der Waals surface area contributed by atoms with Crippen molar-refractivity contribution >= 4 is 0 Å². The molecule has 0 spiro atoms. The molecule has 0 unspecified atom stereocenters. The summed E-state index contributed by atoms with van der Waals surface area (Å²) >= 11 is 0. The summed E-state index contributed by atoms with van der Waals surface area (Å²) in [4.78, 5) is 0. The predicted molar refractivity (Wildman–Crippen MR) is 53.6 cm³/mol. The minimum atomic E-state index is 0. The smallest absolute Gasteiger partial charge is 0.0907 e. The Morgan fingerprint density at radius 1 is 0.667 bits per heavy atom. The Balaban J connectivity index is 0. The molecule has 12 heavy (non-hydrogen) atoms. The molecule has 0 heterocycles. The molecule has 2 heteroatoms. The fraction of sp³-hybridized carbons (Fsp3) is 1.00. The van der Waals surface area contributed by atoms with Gasteiger partial charge in [-0.15, -0.1) is 0 Å². The summed E-state index contributed by atoms with van der Waals surface area (Å²) in [5, 5.41) is 0. The third-order valence-electron chi connectivity index (χ3n) is 3.35. The summed E-state index contributed by atoms with van der Waals surface area (Å²) in [6.07, 6.45) is 0. The lowest BCUT2D eigenvalue weighted by Crippen LogP contribution is -2.64. The molecule has 0 atom stereocenters. The van der Waals surface area contributed by atoms with E-state index in [1.165, 1.54) is 0 Å². The highest BCUT2D eigenvalue weighted by Crippen LogP contribution is 2.29. The molecule has 0 aliphatic rings. The molecule has 0 saturated carbocycles. The van der Waals surface area contributed by atoms with E-state index in [1.807, 2.05) is 0 Å². The Kier molecular flexibility index (Phi) is 4.03. The maximum atomic E-state index is 2.29. The van der Waals surface area contributed by atoms with Gasteiger partial charge in [-0.1, -0.05) is 0 Å². The van der Waals surface area contributed by atoms with Gasteiger partial charge in [-0.2, -0.15) is 0 Å². The maximum Gasteiger partial charge on any atom is 0.0907 e. The zero-order valence-corrected chi connectivity index (χ0v) is 9.89. The average Bonchev–Trinajstić information content (AvgIpc) is 1.58. The SMILES string of the molecule is CC(C)(C)[N+](C)(C)C(C)(C)C.[OH-]. The maximum absolute atomic E-state index is 2.29. The molecule has 1 N–H and O–H groups in total. The van der Waals surface area contributed by atoms with Crippen molar-refractivity contribution in [3.05, 3.63) is 0 Å². The first kappa shape index (κ1) is 14.4. The molecule has 0 aromatic heterocycles. The molecule has 0 bridgehead atoms. The minimum absolute atomic E-state index is 0. The normalized spacial score (nSPS) is 14.0. The van der Waals surface area contributed by atoms with Crippen LogP contribution in [0.15, 0.2) is 0 Å². The Morgan fingerprint density at radius 3 is 0.833 bits per heavy atom. The Bertz CT molecular complexity index is 121. The van der Waals surface area contributed by atoms with Gasteiger partial charge in [0.15, 0.2) is 0 Å². The summed E-state index contributed by atoms with van der Waals surface area (Å²) in [5.41, 5.74) is 0.635. The number of rotatable bonds is 0. The molecule has 0 rings (SSSR count). The highest BCUT2D eigenvalue weighted by Gasteiger charge is 2.41. The lowest BCUT2D eigenvalue weighted by molar-refractivity contribution is -0.977. The van der Waals surface area contributed by atoms with Gasteiger partial charge in [0.25, 0.3) is 0 Å². The van der Waals surface area contributed by atoms with Gasteiger partial charge in [-0.25, -0.2) is 0 Å². The molecule has 0 radical (unpaired) electrons. The van der Waals surface area contributed by atoms with E-state index in [1.54, 1.807) is 0 Å². The molecule has 0 fully saturated rings. The van der Waals surface area contributed by atoms with Crippen molar-refractivity contribution in [1.82, 2.24) is 0 Å². The van der Waals surface area contributed by atoms with E-state index in [0.717, 1.165) is 4.48 Å². The van der Waals surface area contributed by atoms with E-state index in [4.69, 9.17) is 0 Å². The third-order valence-corrected chi connectivity index (χ3v) is 3.35. The van der Waals surface area contributed by atoms with Crippen LogP contribution in [-0.4, -0.2) is 35.1 Å². The fourth-order valence-electron chi connectivity index (χ4n) is 1.01. The van der Waals surface area contributed by atoms with Crippen LogP contribution in [0.25, 0.3) is 0 Å².